The zero-order valence-corrected chi connectivity index (χ0v) is 56.1. The average Bonchev–Trinajstić information content (AvgIpc) is 3.42. The molecule has 0 aromatic heterocycles. The van der Waals surface area contributed by atoms with Gasteiger partial charge in [0.15, 0.2) is 0 Å². The van der Waals surface area contributed by atoms with Gasteiger partial charge in [-0.1, -0.05) is 381 Å². The van der Waals surface area contributed by atoms with Gasteiger partial charge in [0.05, 0.1) is 32.3 Å². The topological polar surface area (TPSA) is 3.24 Å². The Bertz CT molecular complexity index is 2130. The lowest BCUT2D eigenvalue weighted by molar-refractivity contribution is 0.706. The normalized spacial score (nSPS) is 12.7. The molecule has 0 aliphatic rings. The van der Waals surface area contributed by atoms with Crippen LogP contribution in [-0.4, -0.2) is 43.3 Å². The molecule has 0 saturated heterocycles. The molecule has 7 heteroatoms. The fraction of sp³-hybridized carbons (Fsp3) is 0.559. The molecule has 5 rings (SSSR count). The Labute approximate surface area is 470 Å². The third kappa shape index (κ3) is 16.2. The molecule has 0 fully saturated rings. The maximum Gasteiger partial charge on any atom is 0.0867 e. The highest BCUT2D eigenvalue weighted by Crippen LogP contribution is 2.55. The van der Waals surface area contributed by atoms with Crippen LogP contribution in [0.1, 0.15) is 166 Å². The predicted octanol–water partition coefficient (Wildman–Crippen LogP) is 18.2. The van der Waals surface area contributed by atoms with E-state index in [-0.39, 0.29) is 0 Å². The van der Waals surface area contributed by atoms with Gasteiger partial charge >= 0.3 is 0 Å². The van der Waals surface area contributed by atoms with Crippen LogP contribution < -0.4 is 42.0 Å². The lowest BCUT2D eigenvalue weighted by atomic mass is 10.2. The molecule has 5 aromatic carbocycles. The van der Waals surface area contributed by atoms with Crippen molar-refractivity contribution < 1.29 is 0 Å². The van der Waals surface area contributed by atoms with E-state index in [1.165, 1.54) is 155 Å². The third-order valence-electron chi connectivity index (χ3n) is 17.5. The van der Waals surface area contributed by atoms with E-state index in [0.29, 0.717) is 0 Å². The van der Waals surface area contributed by atoms with Crippen LogP contribution in [0.3, 0.4) is 0 Å². The van der Waals surface area contributed by atoms with Crippen LogP contribution in [0.15, 0.2) is 127 Å². The fourth-order valence-electron chi connectivity index (χ4n) is 14.8. The van der Waals surface area contributed by atoms with Crippen molar-refractivity contribution in [1.29, 1.82) is 0 Å². The summed E-state index contributed by atoms with van der Waals surface area (Å²) in [4.78, 5) is 0. The average molecular weight is 1110 g/mol. The molecule has 5 aromatic rings. The number of benzene rings is 5. The Morgan fingerprint density at radius 3 is 0.853 bits per heavy atom. The van der Waals surface area contributed by atoms with Gasteiger partial charge in [0.25, 0.3) is 0 Å². The smallest absolute Gasteiger partial charge is 0.0867 e. The van der Waals surface area contributed by atoms with Crippen molar-refractivity contribution in [2.24, 2.45) is 0 Å². The molecule has 0 aliphatic carbocycles. The highest BCUT2D eigenvalue weighted by molar-refractivity contribution is 7.84. The van der Waals surface area contributed by atoms with E-state index in [2.05, 4.69) is 215 Å². The van der Waals surface area contributed by atoms with Gasteiger partial charge in [-0.3, -0.25) is 0 Å². The second-order valence-corrected chi connectivity index (χ2v) is 46.4. The highest BCUT2D eigenvalue weighted by atomic mass is 31.2. The summed E-state index contributed by atoms with van der Waals surface area (Å²) in [6, 6.07) is 71.0. The van der Waals surface area contributed by atoms with Crippen LogP contribution in [0.2, 0.25) is 72.5 Å². The Balaban J connectivity index is 1.94. The zero-order valence-electron chi connectivity index (χ0n) is 50.4. The molecule has 0 unspecified atom stereocenters. The molecule has 0 atom stereocenters. The maximum atomic E-state index is 3.18. The quantitative estimate of drug-likeness (QED) is 0.0283. The lowest BCUT2D eigenvalue weighted by Gasteiger charge is -2.41. The van der Waals surface area contributed by atoms with Crippen LogP contribution in [0.25, 0.3) is 0 Å². The monoisotopic (exact) mass is 1110 g/mol. The molecule has 0 aliphatic heterocycles. The van der Waals surface area contributed by atoms with Gasteiger partial charge in [0.2, 0.25) is 0 Å². The van der Waals surface area contributed by atoms with Crippen molar-refractivity contribution in [3.8, 4) is 0 Å². The van der Waals surface area contributed by atoms with Gasteiger partial charge in [-0.25, -0.2) is 4.44 Å². The van der Waals surface area contributed by atoms with E-state index in [0.717, 1.165) is 13.0 Å². The molecule has 0 N–H and O–H groups in total. The molecule has 0 spiro atoms. The summed E-state index contributed by atoms with van der Waals surface area (Å²) in [5.74, 6) is 0. The Morgan fingerprint density at radius 1 is 0.280 bits per heavy atom. The van der Waals surface area contributed by atoms with Crippen LogP contribution in [-0.2, 0) is 6.42 Å². The minimum absolute atomic E-state index is 0.941. The Kier molecular flexibility index (Phi) is 27.8. The summed E-state index contributed by atoms with van der Waals surface area (Å²) in [6.45, 7) is 30.4. The molecule has 0 heterocycles. The third-order valence-corrected chi connectivity index (χ3v) is 46.7. The number of hydrogen-bond donors (Lipinski definition) is 0. The standard InChI is InChI=1S/C68H109NP2Si4/c1-13-46-72(47-14-2,48-15-3)65-40-36-61(37-41-65)70(62-38-42-66(43-39-62)73(49-16-4,50-17-5)51-18-6)69(45-44-60-30-26-25-27-31-60)71(63-32-28-34-67(58-63)74(52-19-7,53-20-8)54-21-9)64-33-29-35-68(59-64)75(55-22-10,56-23-11)57-24-12/h25-43,58-59H,13-24,44-57H2,1-12H3. The Morgan fingerprint density at radius 2 is 0.560 bits per heavy atom. The van der Waals surface area contributed by atoms with E-state index in [1.807, 2.05) is 0 Å². The molecule has 0 radical (unpaired) electrons. The van der Waals surface area contributed by atoms with E-state index in [1.54, 1.807) is 42.0 Å². The molecule has 412 valence electrons. The van der Waals surface area contributed by atoms with Crippen LogP contribution >= 0.6 is 16.1 Å². The zero-order chi connectivity index (χ0) is 54.2. The van der Waals surface area contributed by atoms with Gasteiger partial charge in [-0.2, -0.15) is 0 Å². The van der Waals surface area contributed by atoms with Crippen molar-refractivity contribution in [2.45, 2.75) is 239 Å². The summed E-state index contributed by atoms with van der Waals surface area (Å²) in [5.41, 5.74) is 1.45. The Hall–Kier alpha value is -2.21. The highest BCUT2D eigenvalue weighted by Gasteiger charge is 2.39. The first-order valence-corrected chi connectivity index (χ1v) is 44.5. The minimum atomic E-state index is -1.76. The summed E-state index contributed by atoms with van der Waals surface area (Å²) in [5, 5.41) is 13.1. The summed E-state index contributed by atoms with van der Waals surface area (Å²) in [7, 11) is -8.73. The second-order valence-electron chi connectivity index (χ2n) is 23.3. The SMILES string of the molecule is CCC[Si](CCC)(CCC)c1ccc(P(c2ccc([Si](CCC)(CCC)CCC)cc2)N(CCc2ccccc2)P(c2cccc([Si](CCC)(CCC)CCC)c2)c2cccc([Si](CCC)(CCC)CCC)c2)cc1. The second kappa shape index (κ2) is 32.8. The van der Waals surface area contributed by atoms with E-state index in [4.69, 9.17) is 0 Å². The van der Waals surface area contributed by atoms with Gasteiger partial charge in [-0.15, -0.1) is 0 Å². The molecule has 0 saturated carbocycles. The van der Waals surface area contributed by atoms with Crippen molar-refractivity contribution >= 4 is 90.4 Å². The number of nitrogens with zero attached hydrogens (tertiary/aromatic N) is 1. The fourth-order valence-corrected chi connectivity index (χ4v) is 42.6. The molecule has 75 heavy (non-hydrogen) atoms. The first kappa shape index (κ1) is 63.6. The summed E-state index contributed by atoms with van der Waals surface area (Å²) < 4.78 is 3.18. The van der Waals surface area contributed by atoms with Crippen molar-refractivity contribution in [1.82, 2.24) is 4.44 Å². The van der Waals surface area contributed by atoms with E-state index in [9.17, 15) is 0 Å². The van der Waals surface area contributed by atoms with E-state index < -0.39 is 48.4 Å². The lowest BCUT2D eigenvalue weighted by Crippen LogP contribution is -2.49. The minimum Gasteiger partial charge on any atom is -0.244 e. The summed E-state index contributed by atoms with van der Waals surface area (Å²) >= 11 is 0. The maximum absolute atomic E-state index is 3.18. The van der Waals surface area contributed by atoms with Crippen LogP contribution in [0, 0.1) is 0 Å². The molecule has 1 nitrogen and oxygen atoms in total. The molecular formula is C68H109NP2Si4. The van der Waals surface area contributed by atoms with E-state index >= 15 is 0 Å². The van der Waals surface area contributed by atoms with Gasteiger partial charge in [-0.05, 0) is 33.2 Å². The predicted molar refractivity (Wildman–Crippen MR) is 358 cm³/mol. The van der Waals surface area contributed by atoms with Crippen molar-refractivity contribution in [3.05, 3.63) is 133 Å². The number of rotatable bonds is 37. The molecule has 0 bridgehead atoms. The van der Waals surface area contributed by atoms with Gasteiger partial charge in [0, 0.05) is 22.7 Å². The molecular weight excluding hydrogens is 1010 g/mol. The van der Waals surface area contributed by atoms with Crippen LogP contribution in [0.4, 0.5) is 0 Å². The van der Waals surface area contributed by atoms with Gasteiger partial charge in [0.1, 0.15) is 0 Å². The largest absolute Gasteiger partial charge is 0.244 e. The van der Waals surface area contributed by atoms with Crippen LogP contribution in [0.5, 0.6) is 0 Å². The number of hydrogen-bond acceptors (Lipinski definition) is 1. The summed E-state index contributed by atoms with van der Waals surface area (Å²) in [6.07, 6.45) is 16.5. The molecule has 0 amide bonds. The van der Waals surface area contributed by atoms with Crippen molar-refractivity contribution in [3.63, 3.8) is 0 Å². The van der Waals surface area contributed by atoms with Gasteiger partial charge < -0.3 is 0 Å². The first-order chi connectivity index (χ1) is 36.5. The van der Waals surface area contributed by atoms with Crippen molar-refractivity contribution in [2.75, 3.05) is 6.54 Å². The first-order valence-electron chi connectivity index (χ1n) is 31.4.